The third-order valence-corrected chi connectivity index (χ3v) is 6.58. The van der Waals surface area contributed by atoms with Crippen LogP contribution in [-0.2, 0) is 4.74 Å². The second-order valence-electron chi connectivity index (χ2n) is 8.61. The molecule has 1 fully saturated rings. The number of halogens is 5. The smallest absolute Gasteiger partial charge is 0.406 e. The zero-order valence-corrected chi connectivity index (χ0v) is 21.4. The molecule has 2 atom stereocenters. The Morgan fingerprint density at radius 2 is 1.49 bits per heavy atom. The molecule has 2 unspecified atom stereocenters. The predicted octanol–water partition coefficient (Wildman–Crippen LogP) is 6.50. The minimum absolute atomic E-state index is 0.141. The average Bonchev–Trinajstić information content (AvgIpc) is 3.23. The zero-order chi connectivity index (χ0) is 26.6. The van der Waals surface area contributed by atoms with Gasteiger partial charge in [0.25, 0.3) is 5.91 Å². The molecule has 4 rings (SSSR count). The van der Waals surface area contributed by atoms with Gasteiger partial charge in [0.15, 0.2) is 0 Å². The van der Waals surface area contributed by atoms with Gasteiger partial charge in [-0.15, -0.1) is 13.2 Å². The molecular weight excluding hydrogens is 528 g/mol. The molecular formula is C27H25Cl2F3N2O3. The van der Waals surface area contributed by atoms with Crippen molar-refractivity contribution in [1.29, 1.82) is 0 Å². The first kappa shape index (κ1) is 27.3. The second-order valence-corrected chi connectivity index (χ2v) is 9.48. The topological polar surface area (TPSA) is 50.8 Å². The van der Waals surface area contributed by atoms with E-state index in [1.165, 1.54) is 12.1 Å². The van der Waals surface area contributed by atoms with Gasteiger partial charge in [-0.2, -0.15) is 0 Å². The van der Waals surface area contributed by atoms with Crippen molar-refractivity contribution in [2.45, 2.75) is 31.5 Å². The van der Waals surface area contributed by atoms with Crippen molar-refractivity contribution in [3.8, 4) is 5.75 Å². The summed E-state index contributed by atoms with van der Waals surface area (Å²) < 4.78 is 47.2. The molecule has 196 valence electrons. The molecule has 3 aromatic rings. The first-order valence-corrected chi connectivity index (χ1v) is 12.4. The quantitative estimate of drug-likeness (QED) is 0.346. The maximum absolute atomic E-state index is 13.0. The van der Waals surface area contributed by atoms with Crippen molar-refractivity contribution in [3.63, 3.8) is 0 Å². The lowest BCUT2D eigenvalue weighted by Gasteiger charge is -2.29. The molecule has 0 aromatic heterocycles. The summed E-state index contributed by atoms with van der Waals surface area (Å²) >= 11 is 12.3. The Bertz CT molecular complexity index is 1140. The lowest BCUT2D eigenvalue weighted by molar-refractivity contribution is -0.274. The van der Waals surface area contributed by atoms with E-state index in [9.17, 15) is 18.0 Å². The molecule has 0 bridgehead atoms. The first-order valence-electron chi connectivity index (χ1n) is 11.7. The highest BCUT2D eigenvalue weighted by atomic mass is 35.5. The Hall–Kier alpha value is -2.78. The number of hydrogen-bond acceptors (Lipinski definition) is 4. The summed E-state index contributed by atoms with van der Waals surface area (Å²) in [5, 5.41) is 4.25. The number of nitrogens with one attached hydrogen (secondary N) is 1. The average molecular weight is 553 g/mol. The van der Waals surface area contributed by atoms with Crippen molar-refractivity contribution in [2.75, 3.05) is 19.7 Å². The highest BCUT2D eigenvalue weighted by molar-refractivity contribution is 6.30. The fraction of sp³-hybridized carbons (Fsp3) is 0.296. The van der Waals surface area contributed by atoms with Gasteiger partial charge in [-0.1, -0.05) is 47.5 Å². The van der Waals surface area contributed by atoms with E-state index in [-0.39, 0.29) is 23.8 Å². The second kappa shape index (κ2) is 11.7. The van der Waals surface area contributed by atoms with Crippen molar-refractivity contribution in [3.05, 3.63) is 99.5 Å². The Balaban J connectivity index is 1.54. The maximum Gasteiger partial charge on any atom is 0.573 e. The molecule has 1 amide bonds. The number of alkyl halides is 3. The molecule has 0 aliphatic carbocycles. The lowest BCUT2D eigenvalue weighted by Crippen LogP contribution is -2.44. The number of nitrogens with zero attached hydrogens (tertiary/aromatic N) is 1. The normalized spacial score (nSPS) is 18.2. The van der Waals surface area contributed by atoms with Crippen LogP contribution in [0.2, 0.25) is 10.0 Å². The van der Waals surface area contributed by atoms with Crippen LogP contribution in [-0.4, -0.2) is 49.0 Å². The van der Waals surface area contributed by atoms with Crippen molar-refractivity contribution in [1.82, 2.24) is 10.2 Å². The van der Waals surface area contributed by atoms with Crippen LogP contribution in [0.25, 0.3) is 0 Å². The monoisotopic (exact) mass is 552 g/mol. The molecule has 3 aromatic carbocycles. The Morgan fingerprint density at radius 3 is 1.97 bits per heavy atom. The number of carbonyl (C=O) groups is 1. The van der Waals surface area contributed by atoms with Crippen LogP contribution in [0.5, 0.6) is 5.75 Å². The van der Waals surface area contributed by atoms with Crippen molar-refractivity contribution < 1.29 is 27.4 Å². The minimum Gasteiger partial charge on any atom is -0.406 e. The third kappa shape index (κ3) is 7.17. The van der Waals surface area contributed by atoms with Crippen LogP contribution < -0.4 is 10.1 Å². The fourth-order valence-electron chi connectivity index (χ4n) is 4.50. The van der Waals surface area contributed by atoms with E-state index in [1.54, 1.807) is 0 Å². The number of benzene rings is 3. The number of ether oxygens (including phenoxy) is 2. The first-order chi connectivity index (χ1) is 17.6. The van der Waals surface area contributed by atoms with E-state index < -0.39 is 18.0 Å². The van der Waals surface area contributed by atoms with Gasteiger partial charge in [0.2, 0.25) is 0 Å². The van der Waals surface area contributed by atoms with Gasteiger partial charge in [-0.05, 0) is 66.6 Å². The van der Waals surface area contributed by atoms with Crippen LogP contribution in [0.15, 0.2) is 72.8 Å². The van der Waals surface area contributed by atoms with Crippen LogP contribution in [0.1, 0.15) is 34.5 Å². The highest BCUT2D eigenvalue weighted by Gasteiger charge is 2.39. The Kier molecular flexibility index (Phi) is 8.64. The van der Waals surface area contributed by atoms with Crippen molar-refractivity contribution >= 4 is 29.1 Å². The van der Waals surface area contributed by atoms with Gasteiger partial charge in [-0.3, -0.25) is 9.69 Å². The van der Waals surface area contributed by atoms with Crippen LogP contribution in [0, 0.1) is 0 Å². The molecule has 10 heteroatoms. The molecule has 0 saturated carbocycles. The standard InChI is InChI=1S/C27H25Cl2F3N2O3/c1-2-36-24-16-34(25(17-3-9-20(28)10-4-17)18-5-11-21(29)12-6-18)15-23(24)33-26(35)19-7-13-22(14-8-19)37-27(30,31)32/h3-14,23-25H,2,15-16H2,1H3,(H,33,35). The summed E-state index contributed by atoms with van der Waals surface area (Å²) in [4.78, 5) is 15.2. The number of likely N-dealkylation sites (tertiary alicyclic amines) is 1. The van der Waals surface area contributed by atoms with Crippen LogP contribution in [0.4, 0.5) is 13.2 Å². The number of amides is 1. The Labute approximate surface area is 223 Å². The van der Waals surface area contributed by atoms with Gasteiger partial charge in [-0.25, -0.2) is 0 Å². The van der Waals surface area contributed by atoms with Gasteiger partial charge >= 0.3 is 6.36 Å². The number of carbonyl (C=O) groups excluding carboxylic acids is 1. The van der Waals surface area contributed by atoms with E-state index in [0.717, 1.165) is 23.3 Å². The SMILES string of the molecule is CCOC1CN(C(c2ccc(Cl)cc2)c2ccc(Cl)cc2)CC1NC(=O)c1ccc(OC(F)(F)F)cc1. The van der Waals surface area contributed by atoms with Gasteiger partial charge < -0.3 is 14.8 Å². The summed E-state index contributed by atoms with van der Waals surface area (Å²) in [6.45, 7) is 3.38. The molecule has 0 spiro atoms. The van der Waals surface area contributed by atoms with E-state index >= 15 is 0 Å². The highest BCUT2D eigenvalue weighted by Crippen LogP contribution is 2.34. The largest absolute Gasteiger partial charge is 0.573 e. The van der Waals surface area contributed by atoms with E-state index in [1.807, 2.05) is 55.5 Å². The van der Waals surface area contributed by atoms with E-state index in [0.29, 0.717) is 29.7 Å². The van der Waals surface area contributed by atoms with Gasteiger partial charge in [0, 0.05) is 35.3 Å². The molecule has 37 heavy (non-hydrogen) atoms. The molecule has 0 radical (unpaired) electrons. The third-order valence-electron chi connectivity index (χ3n) is 6.08. The lowest BCUT2D eigenvalue weighted by atomic mass is 9.97. The Morgan fingerprint density at radius 1 is 0.946 bits per heavy atom. The van der Waals surface area contributed by atoms with Crippen LogP contribution >= 0.6 is 23.2 Å². The van der Waals surface area contributed by atoms with E-state index in [4.69, 9.17) is 27.9 Å². The van der Waals surface area contributed by atoms with Gasteiger partial charge in [0.05, 0.1) is 18.2 Å². The molecule has 5 nitrogen and oxygen atoms in total. The molecule has 1 aliphatic heterocycles. The predicted molar refractivity (Wildman–Crippen MR) is 136 cm³/mol. The molecule has 1 heterocycles. The summed E-state index contributed by atoms with van der Waals surface area (Å²) in [5.74, 6) is -0.804. The number of rotatable bonds is 8. The van der Waals surface area contributed by atoms with Crippen LogP contribution in [0.3, 0.4) is 0 Å². The molecule has 1 saturated heterocycles. The molecule has 1 aliphatic rings. The fourth-order valence-corrected chi connectivity index (χ4v) is 4.75. The summed E-state index contributed by atoms with van der Waals surface area (Å²) in [6, 6.07) is 19.5. The summed E-state index contributed by atoms with van der Waals surface area (Å²) in [7, 11) is 0. The van der Waals surface area contributed by atoms with E-state index in [2.05, 4.69) is 15.0 Å². The van der Waals surface area contributed by atoms with Gasteiger partial charge in [0.1, 0.15) is 5.75 Å². The zero-order valence-electron chi connectivity index (χ0n) is 19.8. The number of hydrogen-bond donors (Lipinski definition) is 1. The molecule has 1 N–H and O–H groups in total. The van der Waals surface area contributed by atoms with Crippen molar-refractivity contribution in [2.24, 2.45) is 0 Å². The minimum atomic E-state index is -4.80. The summed E-state index contributed by atoms with van der Waals surface area (Å²) in [5.41, 5.74) is 2.26. The summed E-state index contributed by atoms with van der Waals surface area (Å²) in [6.07, 6.45) is -5.09. The maximum atomic E-state index is 13.0.